The summed E-state index contributed by atoms with van der Waals surface area (Å²) in [6, 6.07) is 0.427. The molecule has 0 aromatic heterocycles. The van der Waals surface area contributed by atoms with Crippen molar-refractivity contribution in [3.05, 3.63) is 0 Å². The van der Waals surface area contributed by atoms with E-state index in [-0.39, 0.29) is 23.7 Å². The number of amides is 1. The predicted molar refractivity (Wildman–Crippen MR) is 54.0 cm³/mol. The van der Waals surface area contributed by atoms with Crippen molar-refractivity contribution >= 4 is 11.9 Å². The van der Waals surface area contributed by atoms with Crippen LogP contribution in [0.2, 0.25) is 0 Å². The third-order valence-corrected chi connectivity index (χ3v) is 3.54. The summed E-state index contributed by atoms with van der Waals surface area (Å²) in [5.41, 5.74) is 0. The van der Waals surface area contributed by atoms with E-state index in [4.69, 9.17) is 0 Å². The van der Waals surface area contributed by atoms with Crippen LogP contribution in [0.5, 0.6) is 0 Å². The van der Waals surface area contributed by atoms with E-state index in [9.17, 15) is 9.59 Å². The molecule has 2 fully saturated rings. The zero-order chi connectivity index (χ0) is 11.0. The van der Waals surface area contributed by atoms with Gasteiger partial charge in [0.15, 0.2) is 0 Å². The Morgan fingerprint density at radius 3 is 2.13 bits per heavy atom. The molecule has 2 aliphatic carbocycles. The van der Waals surface area contributed by atoms with E-state index in [0.717, 1.165) is 25.7 Å². The van der Waals surface area contributed by atoms with Gasteiger partial charge in [0, 0.05) is 13.1 Å². The molecule has 0 aromatic rings. The molecule has 4 heteroatoms. The van der Waals surface area contributed by atoms with Gasteiger partial charge in [0.2, 0.25) is 5.91 Å². The number of methoxy groups -OCH3 is 1. The number of ether oxygens (including phenoxy) is 1. The lowest BCUT2D eigenvalue weighted by Crippen LogP contribution is -2.45. The van der Waals surface area contributed by atoms with Crippen LogP contribution in [0.3, 0.4) is 0 Å². The zero-order valence-electron chi connectivity index (χ0n) is 9.23. The van der Waals surface area contributed by atoms with Crippen molar-refractivity contribution < 1.29 is 14.3 Å². The fraction of sp³-hybridized carbons (Fsp3) is 0.818. The summed E-state index contributed by atoms with van der Waals surface area (Å²) < 4.78 is 4.68. The number of nitrogens with zero attached hydrogens (tertiary/aromatic N) is 1. The Hall–Kier alpha value is -1.06. The van der Waals surface area contributed by atoms with E-state index in [1.165, 1.54) is 7.11 Å². The van der Waals surface area contributed by atoms with Gasteiger partial charge in [0.25, 0.3) is 0 Å². The summed E-state index contributed by atoms with van der Waals surface area (Å²) in [6.45, 7) is 0. The average molecular weight is 211 g/mol. The van der Waals surface area contributed by atoms with Crippen LogP contribution < -0.4 is 0 Å². The first-order chi connectivity index (χ1) is 7.15. The standard InChI is InChI=1S/C11H17NO3/c1-12(7-3-4-7)10(13)8-5-6-9(8)11(14)15-2/h7-9H,3-6H2,1-2H3. The molecule has 4 nitrogen and oxygen atoms in total. The SMILES string of the molecule is COC(=O)C1CCC1C(=O)N(C)C1CC1. The molecule has 2 unspecified atom stereocenters. The first kappa shape index (κ1) is 10.5. The Labute approximate surface area is 89.6 Å². The highest BCUT2D eigenvalue weighted by Gasteiger charge is 2.45. The number of hydrogen-bond donors (Lipinski definition) is 0. The Morgan fingerprint density at radius 1 is 1.13 bits per heavy atom. The van der Waals surface area contributed by atoms with Crippen molar-refractivity contribution in [3.63, 3.8) is 0 Å². The maximum atomic E-state index is 12.0. The van der Waals surface area contributed by atoms with Crippen LogP contribution >= 0.6 is 0 Å². The maximum absolute atomic E-state index is 12.0. The van der Waals surface area contributed by atoms with E-state index >= 15 is 0 Å². The van der Waals surface area contributed by atoms with Crippen LogP contribution in [0.25, 0.3) is 0 Å². The topological polar surface area (TPSA) is 46.6 Å². The smallest absolute Gasteiger partial charge is 0.309 e. The van der Waals surface area contributed by atoms with Crippen molar-refractivity contribution in [1.29, 1.82) is 0 Å². The number of carbonyl (C=O) groups excluding carboxylic acids is 2. The molecule has 0 aliphatic heterocycles. The monoisotopic (exact) mass is 211 g/mol. The van der Waals surface area contributed by atoms with Gasteiger partial charge in [-0.1, -0.05) is 0 Å². The number of rotatable bonds is 3. The molecule has 0 heterocycles. The zero-order valence-corrected chi connectivity index (χ0v) is 9.23. The van der Waals surface area contributed by atoms with Crippen LogP contribution in [-0.4, -0.2) is 37.0 Å². The van der Waals surface area contributed by atoms with Crippen molar-refractivity contribution in [2.24, 2.45) is 11.8 Å². The van der Waals surface area contributed by atoms with E-state index in [1.54, 1.807) is 4.90 Å². The van der Waals surface area contributed by atoms with Gasteiger partial charge >= 0.3 is 5.97 Å². The molecule has 2 saturated carbocycles. The molecular weight excluding hydrogens is 194 g/mol. The predicted octanol–water partition coefficient (Wildman–Crippen LogP) is 0.806. The molecule has 2 aliphatic rings. The average Bonchev–Trinajstić information content (AvgIpc) is 2.97. The lowest BCUT2D eigenvalue weighted by atomic mass is 9.73. The number of carbonyl (C=O) groups is 2. The van der Waals surface area contributed by atoms with Gasteiger partial charge in [0.05, 0.1) is 18.9 Å². The second-order valence-electron chi connectivity index (χ2n) is 4.49. The summed E-state index contributed by atoms with van der Waals surface area (Å²) in [4.78, 5) is 25.1. The van der Waals surface area contributed by atoms with Crippen LogP contribution in [0.1, 0.15) is 25.7 Å². The van der Waals surface area contributed by atoms with E-state index < -0.39 is 0 Å². The molecule has 0 N–H and O–H groups in total. The molecule has 0 saturated heterocycles. The minimum atomic E-state index is -0.233. The minimum Gasteiger partial charge on any atom is -0.469 e. The summed E-state index contributed by atoms with van der Waals surface area (Å²) in [7, 11) is 3.22. The third kappa shape index (κ3) is 1.85. The van der Waals surface area contributed by atoms with Gasteiger partial charge in [-0.15, -0.1) is 0 Å². The second-order valence-corrected chi connectivity index (χ2v) is 4.49. The molecule has 0 bridgehead atoms. The maximum Gasteiger partial charge on any atom is 0.309 e. The molecule has 2 rings (SSSR count). The van der Waals surface area contributed by atoms with E-state index in [2.05, 4.69) is 4.74 Å². The molecule has 1 amide bonds. The summed E-state index contributed by atoms with van der Waals surface area (Å²) in [5.74, 6) is -0.422. The van der Waals surface area contributed by atoms with Gasteiger partial charge in [-0.3, -0.25) is 9.59 Å². The molecule has 0 aromatic carbocycles. The van der Waals surface area contributed by atoms with Gasteiger partial charge in [-0.05, 0) is 25.7 Å². The molecular formula is C11H17NO3. The quantitative estimate of drug-likeness (QED) is 0.649. The normalized spacial score (nSPS) is 29.2. The van der Waals surface area contributed by atoms with Crippen LogP contribution in [0.15, 0.2) is 0 Å². The molecule has 15 heavy (non-hydrogen) atoms. The van der Waals surface area contributed by atoms with Crippen LogP contribution in [0.4, 0.5) is 0 Å². The van der Waals surface area contributed by atoms with Crippen molar-refractivity contribution in [1.82, 2.24) is 4.90 Å². The fourth-order valence-electron chi connectivity index (χ4n) is 2.13. The Balaban J connectivity index is 1.92. The highest BCUT2D eigenvalue weighted by molar-refractivity contribution is 5.87. The third-order valence-electron chi connectivity index (χ3n) is 3.54. The number of hydrogen-bond acceptors (Lipinski definition) is 3. The Bertz CT molecular complexity index is 286. The van der Waals surface area contributed by atoms with Gasteiger partial charge in [-0.25, -0.2) is 0 Å². The van der Waals surface area contributed by atoms with Crippen LogP contribution in [-0.2, 0) is 14.3 Å². The second kappa shape index (κ2) is 3.83. The van der Waals surface area contributed by atoms with Gasteiger partial charge in [-0.2, -0.15) is 0 Å². The summed E-state index contributed by atoms with van der Waals surface area (Å²) in [5, 5.41) is 0. The van der Waals surface area contributed by atoms with Crippen molar-refractivity contribution in [3.8, 4) is 0 Å². The summed E-state index contributed by atoms with van der Waals surface area (Å²) in [6.07, 6.45) is 3.84. The molecule has 84 valence electrons. The van der Waals surface area contributed by atoms with E-state index in [0.29, 0.717) is 6.04 Å². The van der Waals surface area contributed by atoms with E-state index in [1.807, 2.05) is 7.05 Å². The lowest BCUT2D eigenvalue weighted by Gasteiger charge is -2.35. The minimum absolute atomic E-state index is 0.122. The first-order valence-corrected chi connectivity index (χ1v) is 5.49. The number of esters is 1. The van der Waals surface area contributed by atoms with Crippen molar-refractivity contribution in [2.45, 2.75) is 31.7 Å². The largest absolute Gasteiger partial charge is 0.469 e. The summed E-state index contributed by atoms with van der Waals surface area (Å²) >= 11 is 0. The van der Waals surface area contributed by atoms with Gasteiger partial charge < -0.3 is 9.64 Å². The van der Waals surface area contributed by atoms with Gasteiger partial charge in [0.1, 0.15) is 0 Å². The van der Waals surface area contributed by atoms with Crippen molar-refractivity contribution in [2.75, 3.05) is 14.2 Å². The fourth-order valence-corrected chi connectivity index (χ4v) is 2.13. The highest BCUT2D eigenvalue weighted by atomic mass is 16.5. The highest BCUT2D eigenvalue weighted by Crippen LogP contribution is 2.38. The molecule has 2 atom stereocenters. The Kier molecular flexibility index (Phi) is 2.67. The lowest BCUT2D eigenvalue weighted by molar-refractivity contribution is -0.158. The molecule has 0 spiro atoms. The molecule has 0 radical (unpaired) electrons. The Morgan fingerprint density at radius 2 is 1.73 bits per heavy atom. The first-order valence-electron chi connectivity index (χ1n) is 5.49. The van der Waals surface area contributed by atoms with Crippen LogP contribution in [0, 0.1) is 11.8 Å².